The second kappa shape index (κ2) is 6.84. The summed E-state index contributed by atoms with van der Waals surface area (Å²) in [6.45, 7) is 3.38. The summed E-state index contributed by atoms with van der Waals surface area (Å²) in [4.78, 5) is 28.3. The molecule has 2 amide bonds. The van der Waals surface area contributed by atoms with E-state index >= 15 is 0 Å². The summed E-state index contributed by atoms with van der Waals surface area (Å²) < 4.78 is 0. The lowest BCUT2D eigenvalue weighted by molar-refractivity contribution is 0.0532. The molecular formula is C19H20N2O4. The molecule has 1 fully saturated rings. The van der Waals surface area contributed by atoms with Crippen LogP contribution in [0.1, 0.15) is 26.3 Å². The Morgan fingerprint density at radius 3 is 1.92 bits per heavy atom. The van der Waals surface area contributed by atoms with Crippen LogP contribution in [0.2, 0.25) is 0 Å². The number of carbonyl (C=O) groups excluding carboxylic acids is 2. The molecule has 0 unspecified atom stereocenters. The molecule has 6 heteroatoms. The summed E-state index contributed by atoms with van der Waals surface area (Å²) in [6, 6.07) is 11.4. The first kappa shape index (κ1) is 16.8. The van der Waals surface area contributed by atoms with Gasteiger partial charge in [-0.1, -0.05) is 23.8 Å². The summed E-state index contributed by atoms with van der Waals surface area (Å²) in [5.74, 6) is -0.571. The fraction of sp³-hybridized carbons (Fsp3) is 0.263. The van der Waals surface area contributed by atoms with E-state index in [2.05, 4.69) is 0 Å². The molecule has 3 rings (SSSR count). The molecule has 0 aliphatic carbocycles. The van der Waals surface area contributed by atoms with E-state index in [1.165, 1.54) is 12.1 Å². The first-order valence-electron chi connectivity index (χ1n) is 8.13. The van der Waals surface area contributed by atoms with Crippen LogP contribution in [0.3, 0.4) is 0 Å². The zero-order chi connectivity index (χ0) is 18.0. The van der Waals surface area contributed by atoms with Crippen molar-refractivity contribution in [1.82, 2.24) is 9.80 Å². The van der Waals surface area contributed by atoms with Crippen molar-refractivity contribution < 1.29 is 19.8 Å². The molecule has 2 aromatic rings. The minimum absolute atomic E-state index is 0.0386. The second-order valence-electron chi connectivity index (χ2n) is 6.12. The molecule has 2 aromatic carbocycles. The maximum absolute atomic E-state index is 12.6. The molecule has 6 nitrogen and oxygen atoms in total. The third kappa shape index (κ3) is 3.42. The zero-order valence-corrected chi connectivity index (χ0v) is 14.0. The average Bonchev–Trinajstić information content (AvgIpc) is 2.63. The van der Waals surface area contributed by atoms with Gasteiger partial charge < -0.3 is 20.0 Å². The quantitative estimate of drug-likeness (QED) is 0.876. The Morgan fingerprint density at radius 2 is 1.32 bits per heavy atom. The average molecular weight is 340 g/mol. The molecule has 1 aliphatic heterocycles. The number of phenols is 2. The lowest BCUT2D eigenvalue weighted by Crippen LogP contribution is -2.50. The lowest BCUT2D eigenvalue weighted by Gasteiger charge is -2.35. The van der Waals surface area contributed by atoms with E-state index in [-0.39, 0.29) is 34.4 Å². The summed E-state index contributed by atoms with van der Waals surface area (Å²) in [6.07, 6.45) is 0. The number of piperazine rings is 1. The predicted molar refractivity (Wildman–Crippen MR) is 92.8 cm³/mol. The number of amides is 2. The minimum Gasteiger partial charge on any atom is -0.507 e. The normalized spacial score (nSPS) is 14.4. The molecule has 130 valence electrons. The highest BCUT2D eigenvalue weighted by atomic mass is 16.3. The van der Waals surface area contributed by atoms with Crippen molar-refractivity contribution in [1.29, 1.82) is 0 Å². The van der Waals surface area contributed by atoms with Gasteiger partial charge in [0.2, 0.25) is 0 Å². The van der Waals surface area contributed by atoms with Gasteiger partial charge in [-0.15, -0.1) is 0 Å². The highest BCUT2D eigenvalue weighted by Crippen LogP contribution is 2.22. The number of benzene rings is 2. The summed E-state index contributed by atoms with van der Waals surface area (Å²) in [5, 5.41) is 19.7. The van der Waals surface area contributed by atoms with E-state index in [9.17, 15) is 19.8 Å². The van der Waals surface area contributed by atoms with Crippen LogP contribution in [0.4, 0.5) is 0 Å². The van der Waals surface area contributed by atoms with Crippen molar-refractivity contribution in [3.63, 3.8) is 0 Å². The van der Waals surface area contributed by atoms with E-state index in [1.54, 1.807) is 40.1 Å². The van der Waals surface area contributed by atoms with E-state index in [0.717, 1.165) is 5.56 Å². The molecule has 0 radical (unpaired) electrons. The number of carbonyl (C=O) groups is 2. The van der Waals surface area contributed by atoms with Gasteiger partial charge in [-0.2, -0.15) is 0 Å². The number of nitrogens with zero attached hydrogens (tertiary/aromatic N) is 2. The van der Waals surface area contributed by atoms with Crippen molar-refractivity contribution in [3.05, 3.63) is 59.2 Å². The summed E-state index contributed by atoms with van der Waals surface area (Å²) >= 11 is 0. The highest BCUT2D eigenvalue weighted by molar-refractivity contribution is 5.98. The Balaban J connectivity index is 1.68. The first-order valence-corrected chi connectivity index (χ1v) is 8.13. The van der Waals surface area contributed by atoms with Crippen LogP contribution in [-0.2, 0) is 0 Å². The smallest absolute Gasteiger partial charge is 0.257 e. The molecule has 1 heterocycles. The Kier molecular flexibility index (Phi) is 4.61. The van der Waals surface area contributed by atoms with E-state index in [0.29, 0.717) is 26.2 Å². The van der Waals surface area contributed by atoms with Gasteiger partial charge in [0, 0.05) is 26.2 Å². The van der Waals surface area contributed by atoms with Gasteiger partial charge in [-0.3, -0.25) is 9.59 Å². The van der Waals surface area contributed by atoms with Crippen LogP contribution >= 0.6 is 0 Å². The number of aryl methyl sites for hydroxylation is 1. The van der Waals surface area contributed by atoms with E-state index in [4.69, 9.17) is 0 Å². The van der Waals surface area contributed by atoms with Gasteiger partial charge >= 0.3 is 0 Å². The fourth-order valence-corrected chi connectivity index (χ4v) is 2.93. The highest BCUT2D eigenvalue weighted by Gasteiger charge is 2.27. The van der Waals surface area contributed by atoms with Gasteiger partial charge in [0.05, 0.1) is 11.1 Å². The monoisotopic (exact) mass is 340 g/mol. The third-order valence-corrected chi connectivity index (χ3v) is 4.37. The van der Waals surface area contributed by atoms with Gasteiger partial charge in [-0.25, -0.2) is 0 Å². The fourth-order valence-electron chi connectivity index (χ4n) is 2.93. The number of phenolic OH excluding ortho intramolecular Hbond substituents is 2. The van der Waals surface area contributed by atoms with Crippen LogP contribution < -0.4 is 0 Å². The molecule has 0 aromatic heterocycles. The topological polar surface area (TPSA) is 81.1 Å². The molecule has 0 spiro atoms. The van der Waals surface area contributed by atoms with Gasteiger partial charge in [0.1, 0.15) is 11.5 Å². The van der Waals surface area contributed by atoms with Crippen molar-refractivity contribution in [3.8, 4) is 11.5 Å². The number of rotatable bonds is 2. The molecule has 25 heavy (non-hydrogen) atoms. The zero-order valence-electron chi connectivity index (χ0n) is 14.0. The van der Waals surface area contributed by atoms with Crippen molar-refractivity contribution in [2.24, 2.45) is 0 Å². The van der Waals surface area contributed by atoms with Gasteiger partial charge in [0.15, 0.2) is 0 Å². The predicted octanol–water partition coefficient (Wildman–Crippen LogP) is 2.00. The summed E-state index contributed by atoms with van der Waals surface area (Å²) in [5.41, 5.74) is 1.44. The number of hydrogen-bond acceptors (Lipinski definition) is 4. The molecule has 0 atom stereocenters. The molecule has 1 aliphatic rings. The standard InChI is InChI=1S/C19H20N2O4/c1-13-6-7-17(23)15(12-13)19(25)21-10-8-20(9-11-21)18(24)14-4-2-3-5-16(14)22/h2-7,12,22-23H,8-11H2,1H3. The van der Waals surface area contributed by atoms with Crippen LogP contribution in [-0.4, -0.2) is 58.0 Å². The third-order valence-electron chi connectivity index (χ3n) is 4.37. The molecule has 0 bridgehead atoms. The van der Waals surface area contributed by atoms with Crippen LogP contribution in [0, 0.1) is 6.92 Å². The molecule has 0 saturated carbocycles. The van der Waals surface area contributed by atoms with E-state index < -0.39 is 0 Å². The van der Waals surface area contributed by atoms with Crippen LogP contribution in [0.25, 0.3) is 0 Å². The Hall–Kier alpha value is -3.02. The molecular weight excluding hydrogens is 320 g/mol. The molecule has 1 saturated heterocycles. The molecule has 2 N–H and O–H groups in total. The van der Waals surface area contributed by atoms with Crippen molar-refractivity contribution in [2.75, 3.05) is 26.2 Å². The Morgan fingerprint density at radius 1 is 0.800 bits per heavy atom. The van der Waals surface area contributed by atoms with Gasteiger partial charge in [0.25, 0.3) is 11.8 Å². The van der Waals surface area contributed by atoms with Crippen molar-refractivity contribution in [2.45, 2.75) is 6.92 Å². The van der Waals surface area contributed by atoms with Crippen LogP contribution in [0.15, 0.2) is 42.5 Å². The van der Waals surface area contributed by atoms with Crippen molar-refractivity contribution >= 4 is 11.8 Å². The van der Waals surface area contributed by atoms with Crippen LogP contribution in [0.5, 0.6) is 11.5 Å². The number of aromatic hydroxyl groups is 2. The largest absolute Gasteiger partial charge is 0.507 e. The summed E-state index contributed by atoms with van der Waals surface area (Å²) in [7, 11) is 0. The first-order chi connectivity index (χ1) is 12.0. The Labute approximate surface area is 145 Å². The Bertz CT molecular complexity index is 811. The maximum atomic E-state index is 12.6. The lowest BCUT2D eigenvalue weighted by atomic mass is 10.1. The minimum atomic E-state index is -0.247. The maximum Gasteiger partial charge on any atom is 0.257 e. The van der Waals surface area contributed by atoms with E-state index in [1.807, 2.05) is 6.92 Å². The SMILES string of the molecule is Cc1ccc(O)c(C(=O)N2CCN(C(=O)c3ccccc3O)CC2)c1. The number of para-hydroxylation sites is 1. The second-order valence-corrected chi connectivity index (χ2v) is 6.12. The number of hydrogen-bond donors (Lipinski definition) is 2. The van der Waals surface area contributed by atoms with Gasteiger partial charge in [-0.05, 0) is 31.2 Å².